The molecule has 40 valence electrons. The molecule has 0 aromatic heterocycles. The van der Waals surface area contributed by atoms with Crippen molar-refractivity contribution in [1.29, 1.82) is 0 Å². The van der Waals surface area contributed by atoms with Crippen molar-refractivity contribution >= 4 is 13.5 Å². The molecule has 6 heteroatoms. The van der Waals surface area contributed by atoms with E-state index in [4.69, 9.17) is 15.9 Å². The zero-order valence-electron chi connectivity index (χ0n) is 2.62. The van der Waals surface area contributed by atoms with Gasteiger partial charge in [-0.05, 0) is 0 Å². The molecule has 0 amide bonds. The number of hydrogen-bond acceptors (Lipinski definition) is 2. The van der Waals surface area contributed by atoms with Crippen molar-refractivity contribution in [2.45, 2.75) is 0 Å². The second-order valence-electron chi connectivity index (χ2n) is 0.448. The van der Waals surface area contributed by atoms with Gasteiger partial charge in [-0.25, -0.2) is 0 Å². The third-order valence-electron chi connectivity index (χ3n) is 0. The van der Waals surface area contributed by atoms with Crippen molar-refractivity contribution in [2.24, 2.45) is 0 Å². The summed E-state index contributed by atoms with van der Waals surface area (Å²) in [6.45, 7) is 0. The van der Waals surface area contributed by atoms with Crippen LogP contribution in [0, 0.1) is 0 Å². The molecule has 0 unspecified atom stereocenters. The predicted octanol–water partition coefficient (Wildman–Crippen LogP) is -1.24. The van der Waals surface area contributed by atoms with E-state index in [0.717, 1.165) is 0 Å². The monoisotopic (exact) mass is 152 g/mol. The quantitative estimate of drug-likeness (QED) is 0.455. The van der Waals surface area contributed by atoms with E-state index in [2.05, 4.69) is 0 Å². The molecular formula is H4CrO4S. The zero-order valence-corrected chi connectivity index (χ0v) is 4.89. The molecule has 0 bridgehead atoms. The van der Waals surface area contributed by atoms with Gasteiger partial charge in [-0.1, -0.05) is 0 Å². The van der Waals surface area contributed by atoms with Crippen molar-refractivity contribution < 1.29 is 29.5 Å². The van der Waals surface area contributed by atoms with Gasteiger partial charge >= 0.3 is 29.5 Å². The first-order valence-corrected chi connectivity index (χ1v) is 2.88. The molecule has 6 heavy (non-hydrogen) atoms. The normalized spacial score (nSPS) is 9.67. The van der Waals surface area contributed by atoms with Crippen LogP contribution < -0.4 is 0 Å². The maximum absolute atomic E-state index is 8.82. The van der Waals surface area contributed by atoms with E-state index in [-0.39, 0.29) is 13.5 Å². The zero-order chi connectivity index (χ0) is 4.50. The molecule has 0 saturated carbocycles. The number of rotatable bonds is 0. The minimum absolute atomic E-state index is 0. The van der Waals surface area contributed by atoms with Gasteiger partial charge in [0.05, 0.1) is 0 Å². The van der Waals surface area contributed by atoms with Crippen LogP contribution in [0.2, 0.25) is 0 Å². The average molecular weight is 152 g/mol. The molecule has 0 atom stereocenters. The van der Waals surface area contributed by atoms with Gasteiger partial charge in [0.2, 0.25) is 0 Å². The van der Waals surface area contributed by atoms with E-state index >= 15 is 0 Å². The summed E-state index contributed by atoms with van der Waals surface area (Å²) in [4.78, 5) is 0. The van der Waals surface area contributed by atoms with E-state index in [1.54, 1.807) is 0 Å². The van der Waals surface area contributed by atoms with Crippen LogP contribution in [0.25, 0.3) is 0 Å². The third kappa shape index (κ3) is 315. The molecule has 0 fully saturated rings. The van der Waals surface area contributed by atoms with Crippen LogP contribution in [-0.4, -0.2) is 8.32 Å². The first-order chi connectivity index (χ1) is 2.00. The van der Waals surface area contributed by atoms with Gasteiger partial charge in [-0.3, -0.25) is 0 Å². The van der Waals surface area contributed by atoms with Gasteiger partial charge in [-0.2, -0.15) is 13.5 Å². The Morgan fingerprint density at radius 1 is 1.17 bits per heavy atom. The summed E-state index contributed by atoms with van der Waals surface area (Å²) >= 11 is -5.25. The van der Waals surface area contributed by atoms with Gasteiger partial charge in [0, 0.05) is 0 Å². The number of hydrogen-bond donors (Lipinski definition) is 2. The minimum atomic E-state index is -5.25. The third-order valence-corrected chi connectivity index (χ3v) is 0. The molecule has 4 nitrogen and oxygen atoms in total. The van der Waals surface area contributed by atoms with E-state index in [9.17, 15) is 0 Å². The van der Waals surface area contributed by atoms with Crippen molar-refractivity contribution in [3.8, 4) is 0 Å². The molecule has 0 aliphatic rings. The maximum atomic E-state index is 8.82. The Hall–Kier alpha value is 0.402. The van der Waals surface area contributed by atoms with Crippen LogP contribution >= 0.6 is 13.5 Å². The predicted molar refractivity (Wildman–Crippen MR) is 16.2 cm³/mol. The fourth-order valence-corrected chi connectivity index (χ4v) is 0. The van der Waals surface area contributed by atoms with Gasteiger partial charge in [0.25, 0.3) is 0 Å². The summed E-state index contributed by atoms with van der Waals surface area (Å²) in [6.07, 6.45) is 0. The summed E-state index contributed by atoms with van der Waals surface area (Å²) in [6, 6.07) is 0. The first-order valence-electron chi connectivity index (χ1n) is 0.698. The second-order valence-corrected chi connectivity index (χ2v) is 1.85. The molecule has 0 radical (unpaired) electrons. The molecule has 0 aliphatic carbocycles. The molecule has 0 spiro atoms. The van der Waals surface area contributed by atoms with E-state index in [1.165, 1.54) is 0 Å². The Bertz CT molecular complexity index is 90.7. The molecule has 0 aliphatic heterocycles. The molecule has 0 rings (SSSR count). The van der Waals surface area contributed by atoms with Crippen LogP contribution in [0.4, 0.5) is 0 Å². The van der Waals surface area contributed by atoms with Crippen LogP contribution in [0.3, 0.4) is 0 Å². The van der Waals surface area contributed by atoms with E-state index < -0.39 is 13.6 Å². The summed E-state index contributed by atoms with van der Waals surface area (Å²) in [5.74, 6) is 0. The van der Waals surface area contributed by atoms with Crippen molar-refractivity contribution in [3.05, 3.63) is 0 Å². The van der Waals surface area contributed by atoms with Gasteiger partial charge in [-0.15, -0.1) is 0 Å². The Kier molecular flexibility index (Phi) is 4.10. The Morgan fingerprint density at radius 3 is 1.17 bits per heavy atom. The van der Waals surface area contributed by atoms with E-state index in [1.807, 2.05) is 0 Å². The first kappa shape index (κ1) is 9.64. The van der Waals surface area contributed by atoms with Crippen molar-refractivity contribution in [1.82, 2.24) is 0 Å². The van der Waals surface area contributed by atoms with Gasteiger partial charge in [0.1, 0.15) is 0 Å². The standard InChI is InChI=1S/Cr.2H2O.2O.H2S/h;2*1H2;;;1H2/q+2;;;;;/p-2. The Balaban J connectivity index is 0. The molecule has 0 aromatic carbocycles. The summed E-state index contributed by atoms with van der Waals surface area (Å²) in [5, 5.41) is 0. The Morgan fingerprint density at radius 2 is 1.17 bits per heavy atom. The molecule has 2 N–H and O–H groups in total. The fourth-order valence-electron chi connectivity index (χ4n) is 0. The van der Waals surface area contributed by atoms with E-state index in [0.29, 0.717) is 0 Å². The van der Waals surface area contributed by atoms with Gasteiger partial charge in [0.15, 0.2) is 0 Å². The average Bonchev–Trinajstić information content (AvgIpc) is 0.722. The summed E-state index contributed by atoms with van der Waals surface area (Å²) in [5.41, 5.74) is 0. The van der Waals surface area contributed by atoms with Crippen molar-refractivity contribution in [2.75, 3.05) is 0 Å². The second kappa shape index (κ2) is 2.55. The summed E-state index contributed by atoms with van der Waals surface area (Å²) < 4.78 is 31.9. The topological polar surface area (TPSA) is 74.6 Å². The van der Waals surface area contributed by atoms with Crippen LogP contribution in [0.15, 0.2) is 0 Å². The SMILES string of the molecule is S.[O]=[Cr](=[O])([OH])[OH]. The molecule has 0 saturated heterocycles. The van der Waals surface area contributed by atoms with Crippen LogP contribution in [0.5, 0.6) is 0 Å². The molecule has 0 heterocycles. The Labute approximate surface area is 43.6 Å². The fraction of sp³-hybridized carbons (Fsp3) is 0. The molecule has 0 aromatic rings. The van der Waals surface area contributed by atoms with Crippen LogP contribution in [0.1, 0.15) is 0 Å². The van der Waals surface area contributed by atoms with Crippen molar-refractivity contribution in [3.63, 3.8) is 0 Å². The van der Waals surface area contributed by atoms with Gasteiger partial charge < -0.3 is 0 Å². The summed E-state index contributed by atoms with van der Waals surface area (Å²) in [7, 11) is 0. The molecular weight excluding hydrogens is 148 g/mol. The van der Waals surface area contributed by atoms with Crippen LogP contribution in [-0.2, 0) is 21.2 Å².